The molecule has 0 atom stereocenters. The van der Waals surface area contributed by atoms with Crippen LogP contribution in [0.5, 0.6) is 0 Å². The molecular weight excluding hydrogens is 281 g/mol. The van der Waals surface area contributed by atoms with Gasteiger partial charge in [-0.25, -0.2) is 22.0 Å². The van der Waals surface area contributed by atoms with Crippen molar-refractivity contribution < 1.29 is 26.8 Å². The molecule has 0 heterocycles. The Kier molecular flexibility index (Phi) is 5.66. The molecule has 1 rings (SSSR count). The van der Waals surface area contributed by atoms with E-state index in [4.69, 9.17) is 0 Å². The van der Waals surface area contributed by atoms with E-state index in [1.54, 1.807) is 26.0 Å². The summed E-state index contributed by atoms with van der Waals surface area (Å²) >= 11 is 0. The van der Waals surface area contributed by atoms with Gasteiger partial charge >= 0.3 is 0 Å². The Hall–Kier alpha value is -1.92. The predicted molar refractivity (Wildman–Crippen MR) is 63.6 cm³/mol. The van der Waals surface area contributed by atoms with Crippen molar-refractivity contribution in [2.75, 3.05) is 0 Å². The lowest BCUT2D eigenvalue weighted by molar-refractivity contribution is 0.122. The molecule has 0 bridgehead atoms. The summed E-state index contributed by atoms with van der Waals surface area (Å²) in [5, 5.41) is 3.55. The maximum absolute atomic E-state index is 13.3. The second-order valence-corrected chi connectivity index (χ2v) is 3.76. The number of allylic oxidation sites excluding steroid dienone is 2. The second kappa shape index (κ2) is 7.02. The van der Waals surface area contributed by atoms with Crippen LogP contribution in [0.1, 0.15) is 25.8 Å². The molecule has 1 aromatic rings. The summed E-state index contributed by atoms with van der Waals surface area (Å²) in [6.07, 6.45) is 3.75. The Labute approximate surface area is 112 Å². The highest BCUT2D eigenvalue weighted by molar-refractivity contribution is 5.94. The third kappa shape index (κ3) is 3.34. The van der Waals surface area contributed by atoms with Crippen LogP contribution in [0.3, 0.4) is 0 Å². The molecule has 2 nitrogen and oxygen atoms in total. The largest absolute Gasteiger partial charge is 0.390 e. The van der Waals surface area contributed by atoms with Gasteiger partial charge in [-0.1, -0.05) is 18.2 Å². The monoisotopic (exact) mass is 293 g/mol. The molecule has 20 heavy (non-hydrogen) atoms. The number of halogens is 5. The zero-order valence-corrected chi connectivity index (χ0v) is 10.8. The molecule has 0 amide bonds. The summed E-state index contributed by atoms with van der Waals surface area (Å²) in [6, 6.07) is 0. The zero-order valence-electron chi connectivity index (χ0n) is 10.8. The molecule has 0 saturated carbocycles. The van der Waals surface area contributed by atoms with E-state index in [1.165, 1.54) is 0 Å². The first-order valence-electron chi connectivity index (χ1n) is 5.75. The average Bonchev–Trinajstić information content (AvgIpc) is 2.45. The van der Waals surface area contributed by atoms with Gasteiger partial charge in [0.05, 0.1) is 11.3 Å². The fraction of sp³-hybridized carbons (Fsp3) is 0.308. The van der Waals surface area contributed by atoms with Crippen molar-refractivity contribution in [3.05, 3.63) is 46.8 Å². The van der Waals surface area contributed by atoms with Gasteiger partial charge in [0, 0.05) is 0 Å². The van der Waals surface area contributed by atoms with Gasteiger partial charge in [-0.2, -0.15) is 0 Å². The Morgan fingerprint density at radius 1 is 1.00 bits per heavy atom. The average molecular weight is 293 g/mol. The maximum atomic E-state index is 13.3. The van der Waals surface area contributed by atoms with Crippen molar-refractivity contribution in [2.24, 2.45) is 5.16 Å². The van der Waals surface area contributed by atoms with Gasteiger partial charge < -0.3 is 4.84 Å². The number of oxime groups is 1. The minimum atomic E-state index is -2.20. The minimum Gasteiger partial charge on any atom is -0.390 e. The van der Waals surface area contributed by atoms with Crippen molar-refractivity contribution in [2.45, 2.75) is 26.9 Å². The van der Waals surface area contributed by atoms with Crippen LogP contribution >= 0.6 is 0 Å². The highest BCUT2D eigenvalue weighted by atomic mass is 19.2. The van der Waals surface area contributed by atoms with Crippen LogP contribution < -0.4 is 0 Å². The lowest BCUT2D eigenvalue weighted by Gasteiger charge is -2.07. The van der Waals surface area contributed by atoms with E-state index >= 15 is 0 Å². The molecule has 0 aliphatic carbocycles. The molecule has 0 aliphatic heterocycles. The molecule has 0 aromatic heterocycles. The van der Waals surface area contributed by atoms with Crippen LogP contribution in [0, 0.1) is 29.1 Å². The fourth-order valence-corrected chi connectivity index (χ4v) is 1.36. The van der Waals surface area contributed by atoms with Gasteiger partial charge in [-0.05, 0) is 19.4 Å². The first-order chi connectivity index (χ1) is 9.43. The highest BCUT2D eigenvalue weighted by Gasteiger charge is 2.25. The normalized spacial score (nSPS) is 12.2. The maximum Gasteiger partial charge on any atom is 0.200 e. The number of hydrogen-bond acceptors (Lipinski definition) is 2. The van der Waals surface area contributed by atoms with E-state index in [0.29, 0.717) is 12.1 Å². The Morgan fingerprint density at radius 3 is 1.95 bits per heavy atom. The smallest absolute Gasteiger partial charge is 0.200 e. The fourth-order valence-electron chi connectivity index (χ4n) is 1.36. The molecule has 110 valence electrons. The summed E-state index contributed by atoms with van der Waals surface area (Å²) in [5.41, 5.74) is -0.586. The minimum absolute atomic E-state index is 0.469. The molecule has 7 heteroatoms. The summed E-state index contributed by atoms with van der Waals surface area (Å²) in [7, 11) is 0. The summed E-state index contributed by atoms with van der Waals surface area (Å²) in [6.45, 7) is 2.64. The number of nitrogens with zero attached hydrogens (tertiary/aromatic N) is 1. The molecule has 1 aromatic carbocycles. The van der Waals surface area contributed by atoms with E-state index in [-0.39, 0.29) is 0 Å². The third-order valence-corrected chi connectivity index (χ3v) is 2.41. The number of hydrogen-bond donors (Lipinski definition) is 0. The van der Waals surface area contributed by atoms with Crippen LogP contribution in [0.25, 0.3) is 0 Å². The van der Waals surface area contributed by atoms with Gasteiger partial charge in [0.15, 0.2) is 23.3 Å². The van der Waals surface area contributed by atoms with E-state index in [9.17, 15) is 22.0 Å². The first kappa shape index (κ1) is 16.1. The lowest BCUT2D eigenvalue weighted by Crippen LogP contribution is -2.08. The number of rotatable bonds is 5. The van der Waals surface area contributed by atoms with E-state index in [0.717, 1.165) is 0 Å². The molecule has 0 N–H and O–H groups in total. The predicted octanol–water partition coefficient (Wildman–Crippen LogP) is 4.24. The summed E-state index contributed by atoms with van der Waals surface area (Å²) < 4.78 is 65.2. The first-order valence-corrected chi connectivity index (χ1v) is 5.75. The van der Waals surface area contributed by atoms with Gasteiger partial charge in [-0.3, -0.25) is 0 Å². The van der Waals surface area contributed by atoms with Crippen LogP contribution in [-0.4, -0.2) is 5.71 Å². The Morgan fingerprint density at radius 2 is 1.50 bits per heavy atom. The van der Waals surface area contributed by atoms with Gasteiger partial charge in [0.1, 0.15) is 6.61 Å². The Balaban J connectivity index is 3.00. The topological polar surface area (TPSA) is 21.6 Å². The van der Waals surface area contributed by atoms with Gasteiger partial charge in [-0.15, -0.1) is 0 Å². The zero-order chi connectivity index (χ0) is 15.3. The van der Waals surface area contributed by atoms with E-state index < -0.39 is 41.3 Å². The van der Waals surface area contributed by atoms with Crippen molar-refractivity contribution in [3.8, 4) is 0 Å². The van der Waals surface area contributed by atoms with E-state index in [2.05, 4.69) is 9.99 Å². The van der Waals surface area contributed by atoms with Crippen LogP contribution in [-0.2, 0) is 11.4 Å². The Bertz CT molecular complexity index is 525. The van der Waals surface area contributed by atoms with Crippen molar-refractivity contribution in [3.63, 3.8) is 0 Å². The molecule has 0 fully saturated rings. The van der Waals surface area contributed by atoms with Crippen molar-refractivity contribution >= 4 is 5.71 Å². The van der Waals surface area contributed by atoms with Gasteiger partial charge in [0.25, 0.3) is 0 Å². The number of benzene rings is 1. The van der Waals surface area contributed by atoms with Crippen molar-refractivity contribution in [1.82, 2.24) is 0 Å². The summed E-state index contributed by atoms with van der Waals surface area (Å²) in [5.74, 6) is -10.0. The van der Waals surface area contributed by atoms with Crippen LogP contribution in [0.4, 0.5) is 22.0 Å². The van der Waals surface area contributed by atoms with E-state index in [1.807, 2.05) is 0 Å². The third-order valence-electron chi connectivity index (χ3n) is 2.41. The lowest BCUT2D eigenvalue weighted by atomic mass is 10.2. The second-order valence-electron chi connectivity index (χ2n) is 3.76. The highest BCUT2D eigenvalue weighted by Crippen LogP contribution is 2.23. The molecule has 0 unspecified atom stereocenters. The van der Waals surface area contributed by atoms with Crippen LogP contribution in [0.15, 0.2) is 17.3 Å². The molecule has 0 aliphatic rings. The quantitative estimate of drug-likeness (QED) is 0.261. The van der Waals surface area contributed by atoms with Crippen LogP contribution in [0.2, 0.25) is 0 Å². The molecule has 0 spiro atoms. The van der Waals surface area contributed by atoms with Gasteiger partial charge in [0.2, 0.25) is 5.82 Å². The SMILES string of the molecule is C/C=C\C(CC)=N/OCc1c(F)c(F)c(F)c(F)c1F. The summed E-state index contributed by atoms with van der Waals surface area (Å²) in [4.78, 5) is 4.64. The molecule has 0 radical (unpaired) electrons. The van der Waals surface area contributed by atoms with Crippen molar-refractivity contribution in [1.29, 1.82) is 0 Å². The molecular formula is C13H12F5NO. The molecule has 0 saturated heterocycles. The standard InChI is InChI=1S/C13H12F5NO/c1-3-5-7(4-2)19-20-6-8-9(14)11(16)13(18)12(17)10(8)15/h3,5H,4,6H2,1-2H3/b5-3-,19-7-.